The normalized spacial score (nSPS) is 13.2. The first-order chi connectivity index (χ1) is 15.2. The van der Waals surface area contributed by atoms with E-state index in [-0.39, 0.29) is 5.91 Å². The molecule has 0 aromatic heterocycles. The third kappa shape index (κ3) is 5.69. The molecular formula is C25H27ClN2O3S. The number of hydrogen-bond acceptors (Lipinski definition) is 3. The van der Waals surface area contributed by atoms with Gasteiger partial charge >= 0.3 is 0 Å². The van der Waals surface area contributed by atoms with Gasteiger partial charge in [-0.1, -0.05) is 78.7 Å². The van der Waals surface area contributed by atoms with Gasteiger partial charge in [-0.15, -0.1) is 0 Å². The number of nitrogens with zero attached hydrogens (tertiary/aromatic N) is 1. The van der Waals surface area contributed by atoms with Gasteiger partial charge in [0.05, 0.1) is 18.0 Å². The van der Waals surface area contributed by atoms with E-state index in [4.69, 9.17) is 11.6 Å². The van der Waals surface area contributed by atoms with Crippen molar-refractivity contribution in [2.45, 2.75) is 32.4 Å². The lowest BCUT2D eigenvalue weighted by molar-refractivity contribution is -0.122. The Hall–Kier alpha value is -2.83. The van der Waals surface area contributed by atoms with E-state index in [1.54, 1.807) is 31.2 Å². The van der Waals surface area contributed by atoms with E-state index in [2.05, 4.69) is 5.32 Å². The van der Waals surface area contributed by atoms with E-state index < -0.39 is 22.1 Å². The third-order valence-corrected chi connectivity index (χ3v) is 6.67. The Labute approximate surface area is 195 Å². The van der Waals surface area contributed by atoms with Crippen LogP contribution in [0.25, 0.3) is 0 Å². The summed E-state index contributed by atoms with van der Waals surface area (Å²) >= 11 is 5.97. The van der Waals surface area contributed by atoms with Crippen LogP contribution in [0.3, 0.4) is 0 Å². The zero-order chi connectivity index (χ0) is 23.3. The van der Waals surface area contributed by atoms with E-state index in [9.17, 15) is 13.2 Å². The molecule has 1 N–H and O–H groups in total. The molecule has 1 amide bonds. The van der Waals surface area contributed by atoms with Gasteiger partial charge in [0.2, 0.25) is 15.9 Å². The number of carbonyl (C=O) groups excluding carboxylic acids is 1. The summed E-state index contributed by atoms with van der Waals surface area (Å²) < 4.78 is 26.6. The van der Waals surface area contributed by atoms with E-state index in [0.29, 0.717) is 17.1 Å². The number of halogens is 1. The molecule has 2 atom stereocenters. The maximum absolute atomic E-state index is 13.5. The summed E-state index contributed by atoms with van der Waals surface area (Å²) in [7, 11) is -3.73. The van der Waals surface area contributed by atoms with Crippen molar-refractivity contribution in [3.8, 4) is 0 Å². The Kier molecular flexibility index (Phi) is 7.59. The largest absolute Gasteiger partial charge is 0.343 e. The second kappa shape index (κ2) is 10.2. The van der Waals surface area contributed by atoms with Gasteiger partial charge in [-0.25, -0.2) is 8.42 Å². The van der Waals surface area contributed by atoms with Gasteiger partial charge in [-0.2, -0.15) is 0 Å². The lowest BCUT2D eigenvalue weighted by Gasteiger charge is -2.31. The predicted octanol–water partition coefficient (Wildman–Crippen LogP) is 5.10. The maximum atomic E-state index is 13.5. The third-order valence-electron chi connectivity index (χ3n) is 5.24. The van der Waals surface area contributed by atoms with E-state index in [0.717, 1.165) is 27.3 Å². The first-order valence-corrected chi connectivity index (χ1v) is 12.6. The van der Waals surface area contributed by atoms with E-state index in [1.807, 2.05) is 61.5 Å². The molecule has 32 heavy (non-hydrogen) atoms. The van der Waals surface area contributed by atoms with Crippen molar-refractivity contribution in [2.75, 3.05) is 10.6 Å². The van der Waals surface area contributed by atoms with E-state index in [1.165, 1.54) is 0 Å². The Morgan fingerprint density at radius 2 is 1.50 bits per heavy atom. The monoisotopic (exact) mass is 470 g/mol. The summed E-state index contributed by atoms with van der Waals surface area (Å²) in [6.45, 7) is 3.80. The Morgan fingerprint density at radius 1 is 0.938 bits per heavy atom. The average Bonchev–Trinajstić information content (AvgIpc) is 2.77. The summed E-state index contributed by atoms with van der Waals surface area (Å²) in [6.07, 6.45) is 1.41. The molecule has 7 heteroatoms. The molecule has 0 aliphatic rings. The van der Waals surface area contributed by atoms with Crippen molar-refractivity contribution >= 4 is 33.2 Å². The molecule has 0 spiro atoms. The minimum Gasteiger partial charge on any atom is -0.343 e. The van der Waals surface area contributed by atoms with Crippen LogP contribution in [0.4, 0.5) is 5.69 Å². The fourth-order valence-electron chi connectivity index (χ4n) is 3.65. The number of sulfonamides is 1. The molecule has 0 aliphatic carbocycles. The van der Waals surface area contributed by atoms with Crippen LogP contribution in [0.5, 0.6) is 0 Å². The highest BCUT2D eigenvalue weighted by atomic mass is 35.5. The van der Waals surface area contributed by atoms with Crippen LogP contribution < -0.4 is 9.62 Å². The van der Waals surface area contributed by atoms with Gasteiger partial charge in [0.25, 0.3) is 0 Å². The molecule has 0 radical (unpaired) electrons. The van der Waals surface area contributed by atoms with Crippen LogP contribution in [0.2, 0.25) is 5.02 Å². The predicted molar refractivity (Wildman–Crippen MR) is 130 cm³/mol. The van der Waals surface area contributed by atoms with Crippen LogP contribution >= 0.6 is 11.6 Å². The number of aryl methyl sites for hydroxylation is 1. The molecule has 3 rings (SSSR count). The first kappa shape index (κ1) is 23.8. The van der Waals surface area contributed by atoms with Crippen LogP contribution in [-0.4, -0.2) is 26.6 Å². The molecule has 0 fully saturated rings. The molecule has 5 nitrogen and oxygen atoms in total. The fraction of sp³-hybridized carbons (Fsp3) is 0.240. The zero-order valence-electron chi connectivity index (χ0n) is 18.3. The molecule has 0 unspecified atom stereocenters. The SMILES string of the molecule is CC[C@H](C(=O)N[C@@H](c1ccccc1)c1ccc(C)cc1)N(c1ccc(Cl)cc1)S(C)(=O)=O. The molecule has 168 valence electrons. The molecule has 0 bridgehead atoms. The first-order valence-electron chi connectivity index (χ1n) is 10.4. The highest BCUT2D eigenvalue weighted by molar-refractivity contribution is 7.92. The number of amides is 1. The van der Waals surface area contributed by atoms with Gasteiger partial charge < -0.3 is 5.32 Å². The quantitative estimate of drug-likeness (QED) is 0.498. The maximum Gasteiger partial charge on any atom is 0.244 e. The van der Waals surface area contributed by atoms with Crippen molar-refractivity contribution in [2.24, 2.45) is 0 Å². The zero-order valence-corrected chi connectivity index (χ0v) is 19.9. The molecule has 3 aromatic carbocycles. The lowest BCUT2D eigenvalue weighted by atomic mass is 9.97. The van der Waals surface area contributed by atoms with Gasteiger partial charge in [-0.05, 0) is 48.7 Å². The number of rotatable bonds is 8. The number of carbonyl (C=O) groups is 1. The van der Waals surface area contributed by atoms with Crippen LogP contribution in [0.1, 0.15) is 36.1 Å². The van der Waals surface area contributed by atoms with Crippen LogP contribution in [0, 0.1) is 6.92 Å². The highest BCUT2D eigenvalue weighted by Crippen LogP contribution is 2.27. The van der Waals surface area contributed by atoms with Crippen molar-refractivity contribution in [1.29, 1.82) is 0 Å². The topological polar surface area (TPSA) is 66.5 Å². The highest BCUT2D eigenvalue weighted by Gasteiger charge is 2.33. The summed E-state index contributed by atoms with van der Waals surface area (Å²) in [5.41, 5.74) is 3.34. The Balaban J connectivity index is 1.98. The molecule has 0 saturated carbocycles. The summed E-state index contributed by atoms with van der Waals surface area (Å²) in [4.78, 5) is 13.5. The lowest BCUT2D eigenvalue weighted by Crippen LogP contribution is -2.50. The van der Waals surface area contributed by atoms with Crippen LogP contribution in [0.15, 0.2) is 78.9 Å². The summed E-state index contributed by atoms with van der Waals surface area (Å²) in [6, 6.07) is 22.7. The van der Waals surface area contributed by atoms with Gasteiger partial charge in [0.15, 0.2) is 0 Å². The minimum absolute atomic E-state index is 0.303. The van der Waals surface area contributed by atoms with E-state index >= 15 is 0 Å². The summed E-state index contributed by atoms with van der Waals surface area (Å²) in [5.74, 6) is -0.373. The number of nitrogens with one attached hydrogen (secondary N) is 1. The van der Waals surface area contributed by atoms with Crippen molar-refractivity contribution < 1.29 is 13.2 Å². The van der Waals surface area contributed by atoms with Gasteiger partial charge in [0.1, 0.15) is 6.04 Å². The fourth-order valence-corrected chi connectivity index (χ4v) is 4.99. The Morgan fingerprint density at radius 3 is 2.03 bits per heavy atom. The van der Waals surface area contributed by atoms with Crippen molar-refractivity contribution in [3.05, 3.63) is 101 Å². The molecule has 3 aromatic rings. The van der Waals surface area contributed by atoms with Crippen molar-refractivity contribution in [1.82, 2.24) is 5.32 Å². The molecule has 0 heterocycles. The Bertz CT molecular complexity index is 1150. The number of anilines is 1. The van der Waals surface area contributed by atoms with Crippen molar-refractivity contribution in [3.63, 3.8) is 0 Å². The average molecular weight is 471 g/mol. The number of hydrogen-bond donors (Lipinski definition) is 1. The van der Waals surface area contributed by atoms with Crippen LogP contribution in [-0.2, 0) is 14.8 Å². The smallest absolute Gasteiger partial charge is 0.244 e. The molecule has 0 saturated heterocycles. The second-order valence-corrected chi connectivity index (χ2v) is 10.0. The second-order valence-electron chi connectivity index (χ2n) is 7.72. The molecular weight excluding hydrogens is 444 g/mol. The summed E-state index contributed by atoms with van der Waals surface area (Å²) in [5, 5.41) is 3.57. The van der Waals surface area contributed by atoms with Gasteiger partial charge in [0, 0.05) is 5.02 Å². The minimum atomic E-state index is -3.73. The molecule has 0 aliphatic heterocycles. The number of benzene rings is 3. The van der Waals surface area contributed by atoms with Gasteiger partial charge in [-0.3, -0.25) is 9.10 Å². The standard InChI is InChI=1S/C25H27ClN2O3S/c1-4-23(28(32(3,30)31)22-16-14-21(26)15-17-22)25(29)27-24(19-8-6-5-7-9-19)20-12-10-18(2)11-13-20/h5-17,23-24H,4H2,1-3H3,(H,27,29)/t23-,24+/m1/s1.